The Morgan fingerprint density at radius 3 is 2.58 bits per heavy atom. The number of methoxy groups -OCH3 is 1. The van der Waals surface area contributed by atoms with Crippen LogP contribution in [0.25, 0.3) is 11.0 Å². The van der Waals surface area contributed by atoms with Crippen molar-refractivity contribution in [2.24, 2.45) is 0 Å². The van der Waals surface area contributed by atoms with Crippen LogP contribution >= 0.6 is 11.6 Å². The van der Waals surface area contributed by atoms with Crippen LogP contribution in [-0.2, 0) is 16.0 Å². The van der Waals surface area contributed by atoms with Gasteiger partial charge in [-0.3, -0.25) is 9.59 Å². The Balaban J connectivity index is 2.08. The quantitative estimate of drug-likeness (QED) is 0.508. The third-order valence-corrected chi connectivity index (χ3v) is 4.04. The fourth-order valence-corrected chi connectivity index (χ4v) is 2.77. The van der Waals surface area contributed by atoms with Crippen molar-refractivity contribution in [3.63, 3.8) is 0 Å². The van der Waals surface area contributed by atoms with Crippen molar-refractivity contribution in [2.45, 2.75) is 12.8 Å². The number of hydrogen-bond donors (Lipinski definition) is 0. The Kier molecular flexibility index (Phi) is 4.67. The van der Waals surface area contributed by atoms with Crippen LogP contribution in [0.2, 0.25) is 5.02 Å². The number of fused-ring (bicyclic) bond motifs is 1. The van der Waals surface area contributed by atoms with Crippen LogP contribution < -0.4 is 0 Å². The van der Waals surface area contributed by atoms with Crippen molar-refractivity contribution in [3.05, 3.63) is 70.4 Å². The molecule has 0 bridgehead atoms. The summed E-state index contributed by atoms with van der Waals surface area (Å²) < 4.78 is 10.5. The average molecular weight is 343 g/mol. The number of aryl methyl sites for hydroxylation is 1. The monoisotopic (exact) mass is 342 g/mol. The molecule has 0 atom stereocenters. The van der Waals surface area contributed by atoms with Gasteiger partial charge < -0.3 is 9.15 Å². The lowest BCUT2D eigenvalue weighted by atomic mass is 10.0. The van der Waals surface area contributed by atoms with E-state index in [4.69, 9.17) is 16.0 Å². The van der Waals surface area contributed by atoms with Crippen molar-refractivity contribution in [1.29, 1.82) is 0 Å². The highest BCUT2D eigenvalue weighted by molar-refractivity contribution is 6.31. The molecule has 0 fully saturated rings. The molecule has 0 aliphatic rings. The lowest BCUT2D eigenvalue weighted by Crippen LogP contribution is -2.06. The maximum Gasteiger partial charge on any atom is 0.305 e. The number of carbonyl (C=O) groups is 2. The zero-order valence-corrected chi connectivity index (χ0v) is 13.8. The second kappa shape index (κ2) is 6.89. The normalized spacial score (nSPS) is 10.8. The van der Waals surface area contributed by atoms with E-state index in [1.165, 1.54) is 7.11 Å². The molecule has 0 aliphatic heterocycles. The second-order valence-corrected chi connectivity index (χ2v) is 5.76. The first-order valence-electron chi connectivity index (χ1n) is 7.47. The Labute approximate surface area is 144 Å². The van der Waals surface area contributed by atoms with Gasteiger partial charge in [0, 0.05) is 28.0 Å². The first kappa shape index (κ1) is 16.3. The van der Waals surface area contributed by atoms with Crippen molar-refractivity contribution >= 4 is 34.3 Å². The molecule has 0 amide bonds. The van der Waals surface area contributed by atoms with E-state index in [9.17, 15) is 9.59 Å². The highest BCUT2D eigenvalue weighted by Gasteiger charge is 2.22. The van der Waals surface area contributed by atoms with E-state index < -0.39 is 0 Å². The largest absolute Gasteiger partial charge is 0.469 e. The summed E-state index contributed by atoms with van der Waals surface area (Å²) >= 11 is 6.07. The second-order valence-electron chi connectivity index (χ2n) is 5.32. The zero-order valence-electron chi connectivity index (χ0n) is 13.0. The number of halogens is 1. The fraction of sp³-hybridized carbons (Fsp3) is 0.158. The fourth-order valence-electron chi connectivity index (χ4n) is 2.60. The number of rotatable bonds is 5. The van der Waals surface area contributed by atoms with E-state index in [1.807, 2.05) is 6.07 Å². The predicted molar refractivity (Wildman–Crippen MR) is 91.4 cm³/mol. The summed E-state index contributed by atoms with van der Waals surface area (Å²) in [6.45, 7) is 0. The SMILES string of the molecule is COC(=O)CCc1c(C(=O)c2ccccc2)oc2ccc(Cl)cc12. The summed E-state index contributed by atoms with van der Waals surface area (Å²) in [5, 5.41) is 1.28. The number of hydrogen-bond acceptors (Lipinski definition) is 4. The highest BCUT2D eigenvalue weighted by Crippen LogP contribution is 2.31. The van der Waals surface area contributed by atoms with Crippen LogP contribution in [0.4, 0.5) is 0 Å². The maximum atomic E-state index is 12.8. The maximum absolute atomic E-state index is 12.8. The summed E-state index contributed by atoms with van der Waals surface area (Å²) in [6.07, 6.45) is 0.501. The van der Waals surface area contributed by atoms with Crippen LogP contribution in [0.15, 0.2) is 52.9 Å². The van der Waals surface area contributed by atoms with E-state index in [-0.39, 0.29) is 23.9 Å². The summed E-state index contributed by atoms with van der Waals surface area (Å²) in [6, 6.07) is 14.1. The van der Waals surface area contributed by atoms with Crippen LogP contribution in [0.1, 0.15) is 28.1 Å². The van der Waals surface area contributed by atoms with Gasteiger partial charge in [0.15, 0.2) is 5.76 Å². The minimum atomic E-state index is -0.343. The van der Waals surface area contributed by atoms with Crippen LogP contribution in [0.5, 0.6) is 0 Å². The van der Waals surface area contributed by atoms with Crippen LogP contribution in [-0.4, -0.2) is 18.9 Å². The molecule has 0 spiro atoms. The molecular formula is C19H15ClO4. The number of ketones is 1. The Hall–Kier alpha value is -2.59. The minimum Gasteiger partial charge on any atom is -0.469 e. The third-order valence-electron chi connectivity index (χ3n) is 3.80. The molecule has 0 N–H and O–H groups in total. The van der Waals surface area contributed by atoms with Gasteiger partial charge in [0.1, 0.15) is 5.58 Å². The van der Waals surface area contributed by atoms with Gasteiger partial charge in [0.2, 0.25) is 5.78 Å². The molecule has 1 heterocycles. The smallest absolute Gasteiger partial charge is 0.305 e. The van der Waals surface area contributed by atoms with Gasteiger partial charge in [-0.15, -0.1) is 0 Å². The van der Waals surface area contributed by atoms with Gasteiger partial charge in [0.25, 0.3) is 0 Å². The number of benzene rings is 2. The number of ether oxygens (including phenoxy) is 1. The van der Waals surface area contributed by atoms with Gasteiger partial charge in [-0.25, -0.2) is 0 Å². The Morgan fingerprint density at radius 1 is 1.12 bits per heavy atom. The van der Waals surface area contributed by atoms with E-state index in [0.717, 1.165) is 5.39 Å². The molecule has 0 saturated heterocycles. The van der Waals surface area contributed by atoms with E-state index in [1.54, 1.807) is 42.5 Å². The molecule has 24 heavy (non-hydrogen) atoms. The number of carbonyl (C=O) groups excluding carboxylic acids is 2. The lowest BCUT2D eigenvalue weighted by molar-refractivity contribution is -0.140. The number of esters is 1. The summed E-state index contributed by atoms with van der Waals surface area (Å²) in [7, 11) is 1.34. The first-order chi connectivity index (χ1) is 11.6. The summed E-state index contributed by atoms with van der Waals surface area (Å²) in [5.74, 6) is -0.324. The molecule has 0 radical (unpaired) electrons. The van der Waals surface area contributed by atoms with Gasteiger partial charge in [-0.05, 0) is 24.6 Å². The van der Waals surface area contributed by atoms with Crippen molar-refractivity contribution in [1.82, 2.24) is 0 Å². The molecule has 1 aromatic heterocycles. The third kappa shape index (κ3) is 3.19. The minimum absolute atomic E-state index is 0.159. The zero-order chi connectivity index (χ0) is 17.1. The van der Waals surface area contributed by atoms with Gasteiger partial charge in [-0.2, -0.15) is 0 Å². The van der Waals surface area contributed by atoms with Crippen LogP contribution in [0.3, 0.4) is 0 Å². The Morgan fingerprint density at radius 2 is 1.88 bits per heavy atom. The van der Waals surface area contributed by atoms with Crippen LogP contribution in [0, 0.1) is 0 Å². The summed E-state index contributed by atoms with van der Waals surface area (Å²) in [5.41, 5.74) is 1.77. The molecule has 2 aromatic carbocycles. The lowest BCUT2D eigenvalue weighted by Gasteiger charge is -2.03. The standard InChI is InChI=1S/C19H15ClO4/c1-23-17(21)10-8-14-15-11-13(20)7-9-16(15)24-19(14)18(22)12-5-3-2-4-6-12/h2-7,9,11H,8,10H2,1H3. The topological polar surface area (TPSA) is 56.5 Å². The molecular weight excluding hydrogens is 328 g/mol. The molecule has 0 saturated carbocycles. The number of furan rings is 1. The van der Waals surface area contributed by atoms with Crippen molar-refractivity contribution in [3.8, 4) is 0 Å². The van der Waals surface area contributed by atoms with E-state index in [2.05, 4.69) is 4.74 Å². The Bertz CT molecular complexity index is 896. The molecule has 0 unspecified atom stereocenters. The molecule has 3 rings (SSSR count). The van der Waals surface area contributed by atoms with E-state index >= 15 is 0 Å². The molecule has 4 nitrogen and oxygen atoms in total. The molecule has 3 aromatic rings. The van der Waals surface area contributed by atoms with Crippen molar-refractivity contribution < 1.29 is 18.7 Å². The van der Waals surface area contributed by atoms with Crippen molar-refractivity contribution in [2.75, 3.05) is 7.11 Å². The average Bonchev–Trinajstić information content (AvgIpc) is 2.97. The van der Waals surface area contributed by atoms with Gasteiger partial charge in [0.05, 0.1) is 7.11 Å². The highest BCUT2D eigenvalue weighted by atomic mass is 35.5. The van der Waals surface area contributed by atoms with Gasteiger partial charge >= 0.3 is 5.97 Å². The molecule has 5 heteroatoms. The van der Waals surface area contributed by atoms with Gasteiger partial charge in [-0.1, -0.05) is 41.9 Å². The molecule has 0 aliphatic carbocycles. The van der Waals surface area contributed by atoms with E-state index in [0.29, 0.717) is 28.2 Å². The summed E-state index contributed by atoms with van der Waals surface area (Å²) in [4.78, 5) is 24.3. The predicted octanol–water partition coefficient (Wildman–Crippen LogP) is 4.42. The first-order valence-corrected chi connectivity index (χ1v) is 7.85. The molecule has 122 valence electrons.